The van der Waals surface area contributed by atoms with Gasteiger partial charge in [0.05, 0.1) is 60.4 Å². The predicted octanol–water partition coefficient (Wildman–Crippen LogP) is 12.6. The van der Waals surface area contributed by atoms with E-state index in [-0.39, 0.29) is 10.7 Å². The van der Waals surface area contributed by atoms with Crippen LogP contribution in [0.4, 0.5) is 49.9 Å². The lowest BCUT2D eigenvalue weighted by atomic mass is 9.98. The van der Waals surface area contributed by atoms with Crippen molar-refractivity contribution in [3.8, 4) is 22.3 Å². The number of alkyl halides is 3. The molecule has 4 N–H and O–H groups in total. The molecule has 368 valence electrons. The molecule has 0 bridgehead atoms. The Morgan fingerprint density at radius 2 is 1.01 bits per heavy atom. The molecule has 10 rings (SSSR count). The number of fused-ring (bicyclic) bond motifs is 2. The highest BCUT2D eigenvalue weighted by molar-refractivity contribution is 6.30. The highest BCUT2D eigenvalue weighted by atomic mass is 35.5. The van der Waals surface area contributed by atoms with Gasteiger partial charge in [0.15, 0.2) is 0 Å². The lowest BCUT2D eigenvalue weighted by Crippen LogP contribution is -2.35. The Hall–Kier alpha value is -7.47. The third kappa shape index (κ3) is 12.5. The van der Waals surface area contributed by atoms with E-state index in [0.717, 1.165) is 133 Å². The molecule has 0 saturated carbocycles. The maximum atomic E-state index is 13.4. The number of rotatable bonds is 10. The van der Waals surface area contributed by atoms with Gasteiger partial charge in [-0.05, 0) is 82.6 Å². The van der Waals surface area contributed by atoms with Crippen molar-refractivity contribution in [3.05, 3.63) is 180 Å². The van der Waals surface area contributed by atoms with Crippen molar-refractivity contribution in [2.24, 2.45) is 0 Å². The molecule has 2 aliphatic heterocycles. The number of carbonyl (C=O) groups is 2. The fraction of sp³-hybridized carbons (Fsp3) is 0.200. The number of anilines is 4. The van der Waals surface area contributed by atoms with Crippen molar-refractivity contribution in [2.75, 3.05) is 73.9 Å². The van der Waals surface area contributed by atoms with Gasteiger partial charge in [0.2, 0.25) is 0 Å². The lowest BCUT2D eigenvalue weighted by molar-refractivity contribution is -0.136. The molecule has 6 aromatic carbocycles. The summed E-state index contributed by atoms with van der Waals surface area (Å²) >= 11 is 5.73. The van der Waals surface area contributed by atoms with Crippen LogP contribution in [0.1, 0.15) is 17.0 Å². The molecule has 2 fully saturated rings. The summed E-state index contributed by atoms with van der Waals surface area (Å²) in [7, 11) is 0. The Bertz CT molecular complexity index is 3190. The smallest absolute Gasteiger partial charge is 0.379 e. The van der Waals surface area contributed by atoms with Crippen LogP contribution in [0.15, 0.2) is 152 Å². The molecule has 8 aromatic rings. The van der Waals surface area contributed by atoms with E-state index < -0.39 is 29.6 Å². The van der Waals surface area contributed by atoms with Gasteiger partial charge in [-0.1, -0.05) is 90.5 Å². The topological polar surface area (TPSA) is 133 Å². The second-order valence-electron chi connectivity index (χ2n) is 17.1. The van der Waals surface area contributed by atoms with Crippen molar-refractivity contribution >= 4 is 68.0 Å². The minimum absolute atomic E-state index is 0.0755. The van der Waals surface area contributed by atoms with Crippen LogP contribution >= 0.6 is 11.6 Å². The Morgan fingerprint density at radius 3 is 1.49 bits per heavy atom. The average molecular weight is 997 g/mol. The number of nitrogens with one attached hydrogen (secondary N) is 4. The maximum absolute atomic E-state index is 13.4. The van der Waals surface area contributed by atoms with E-state index in [1.54, 1.807) is 18.2 Å². The Labute approximate surface area is 417 Å². The number of urea groups is 2. The fourth-order valence-corrected chi connectivity index (χ4v) is 8.81. The van der Waals surface area contributed by atoms with Crippen LogP contribution in [0.5, 0.6) is 0 Å². The van der Waals surface area contributed by atoms with Crippen LogP contribution in [0.3, 0.4) is 0 Å². The molecule has 2 saturated heterocycles. The summed E-state index contributed by atoms with van der Waals surface area (Å²) in [6, 6.07) is 38.8. The summed E-state index contributed by atoms with van der Waals surface area (Å²) in [5, 5.41) is 14.0. The molecule has 2 aromatic heterocycles. The molecule has 2 aliphatic rings. The third-order valence-electron chi connectivity index (χ3n) is 12.2. The van der Waals surface area contributed by atoms with Crippen LogP contribution in [0.25, 0.3) is 43.8 Å². The summed E-state index contributed by atoms with van der Waals surface area (Å²) in [6.07, 6.45) is -0.939. The van der Waals surface area contributed by atoms with E-state index in [1.807, 2.05) is 91.3 Å². The first-order valence-corrected chi connectivity index (χ1v) is 23.6. The molecule has 12 nitrogen and oxygen atoms in total. The van der Waals surface area contributed by atoms with Gasteiger partial charge >= 0.3 is 18.2 Å². The zero-order valence-electron chi connectivity index (χ0n) is 38.8. The summed E-state index contributed by atoms with van der Waals surface area (Å²) < 4.78 is 64.5. The van der Waals surface area contributed by atoms with Crippen molar-refractivity contribution in [1.29, 1.82) is 0 Å². The minimum atomic E-state index is -4.67. The highest BCUT2D eigenvalue weighted by Gasteiger charge is 2.34. The largest absolute Gasteiger partial charge is 0.418 e. The Morgan fingerprint density at radius 1 is 0.542 bits per heavy atom. The van der Waals surface area contributed by atoms with Gasteiger partial charge in [-0.15, -0.1) is 0 Å². The van der Waals surface area contributed by atoms with E-state index in [9.17, 15) is 27.2 Å². The first-order chi connectivity index (χ1) is 34.9. The Kier molecular flexibility index (Phi) is 15.6. The van der Waals surface area contributed by atoms with E-state index in [1.165, 1.54) is 18.2 Å². The van der Waals surface area contributed by atoms with Crippen molar-refractivity contribution in [2.45, 2.75) is 19.3 Å². The molecule has 0 unspecified atom stereocenters. The highest BCUT2D eigenvalue weighted by Crippen LogP contribution is 2.38. The number of aromatic nitrogens is 2. The van der Waals surface area contributed by atoms with Crippen LogP contribution in [0, 0.1) is 5.82 Å². The van der Waals surface area contributed by atoms with E-state index in [4.69, 9.17) is 21.1 Å². The van der Waals surface area contributed by atoms with Crippen molar-refractivity contribution < 1.29 is 36.6 Å². The first kappa shape index (κ1) is 49.5. The number of amides is 4. The number of carbonyl (C=O) groups excluding carboxylic acids is 2. The predicted molar refractivity (Wildman–Crippen MR) is 275 cm³/mol. The monoisotopic (exact) mass is 996 g/mol. The van der Waals surface area contributed by atoms with Gasteiger partial charge in [-0.3, -0.25) is 19.8 Å². The van der Waals surface area contributed by atoms with Crippen molar-refractivity contribution in [1.82, 2.24) is 19.8 Å². The van der Waals surface area contributed by atoms with Gasteiger partial charge in [0, 0.05) is 84.3 Å². The second kappa shape index (κ2) is 22.7. The standard InChI is InChI=1S/C28H24ClF3N4O2.C27H25FN4O2/c29-19-6-9-26(24(15-19)28(30,31)32)35-27(37)34-25-10-8-21(22-3-1-2-4-23(22)25)18-5-7-20(33-16-18)17-36-11-13-38-14-12-36;28-20-4-3-5-21(16-20)30-27(33)31-26-11-10-23(24-6-1-2-7-25(24)26)19-8-9-22(29-17-19)18-32-12-14-34-15-13-32/h1-10,15-16H,11-14,17H2,(H2,34,35,37);1-11,16-17H,12-15,18H2,(H2,30,31,33). The number of halogens is 5. The fourth-order valence-electron chi connectivity index (χ4n) is 8.64. The zero-order chi connectivity index (χ0) is 50.0. The number of hydrogen-bond donors (Lipinski definition) is 4. The number of hydrogen-bond acceptors (Lipinski definition) is 8. The summed E-state index contributed by atoms with van der Waals surface area (Å²) in [4.78, 5) is 39.2. The number of benzene rings is 6. The molecule has 0 spiro atoms. The quantitative estimate of drug-likeness (QED) is 0.0996. The van der Waals surface area contributed by atoms with E-state index >= 15 is 0 Å². The minimum Gasteiger partial charge on any atom is -0.379 e. The molecule has 0 aliphatic carbocycles. The zero-order valence-corrected chi connectivity index (χ0v) is 39.6. The number of nitrogens with zero attached hydrogens (tertiary/aromatic N) is 4. The number of pyridine rings is 2. The van der Waals surface area contributed by atoms with E-state index in [0.29, 0.717) is 17.1 Å². The lowest BCUT2D eigenvalue weighted by Gasteiger charge is -2.26. The summed E-state index contributed by atoms with van der Waals surface area (Å²) in [5.74, 6) is -0.405. The van der Waals surface area contributed by atoms with Gasteiger partial charge in [-0.2, -0.15) is 13.2 Å². The molecular weight excluding hydrogens is 948 g/mol. The molecular formula is C55H49ClF4N8O4. The maximum Gasteiger partial charge on any atom is 0.418 e. The summed E-state index contributed by atoms with van der Waals surface area (Å²) in [5.41, 5.74) is 6.00. The van der Waals surface area contributed by atoms with Gasteiger partial charge in [-0.25, -0.2) is 14.0 Å². The summed E-state index contributed by atoms with van der Waals surface area (Å²) in [6.45, 7) is 8.18. The molecule has 4 heterocycles. The Balaban J connectivity index is 0.000000179. The van der Waals surface area contributed by atoms with Crippen LogP contribution < -0.4 is 21.3 Å². The molecule has 4 amide bonds. The number of ether oxygens (including phenoxy) is 2. The van der Waals surface area contributed by atoms with Crippen LogP contribution in [-0.4, -0.2) is 84.4 Å². The van der Waals surface area contributed by atoms with Crippen LogP contribution in [0.2, 0.25) is 5.02 Å². The third-order valence-corrected chi connectivity index (χ3v) is 12.4. The van der Waals surface area contributed by atoms with Gasteiger partial charge < -0.3 is 30.7 Å². The van der Waals surface area contributed by atoms with Gasteiger partial charge in [0.1, 0.15) is 5.82 Å². The first-order valence-electron chi connectivity index (χ1n) is 23.3. The molecule has 17 heteroatoms. The normalized spacial score (nSPS) is 14.3. The van der Waals surface area contributed by atoms with Gasteiger partial charge in [0.25, 0.3) is 0 Å². The van der Waals surface area contributed by atoms with Crippen LogP contribution in [-0.2, 0) is 28.7 Å². The molecule has 0 radical (unpaired) electrons. The average Bonchev–Trinajstić information content (AvgIpc) is 3.38. The SMILES string of the molecule is O=C(Nc1ccc(Cl)cc1C(F)(F)F)Nc1ccc(-c2ccc(CN3CCOCC3)nc2)c2ccccc12.O=C(Nc1cccc(F)c1)Nc1ccc(-c2ccc(CN3CCOCC3)nc2)c2ccccc12. The molecule has 0 atom stereocenters. The second-order valence-corrected chi connectivity index (χ2v) is 17.6. The van der Waals surface area contributed by atoms with Crippen molar-refractivity contribution in [3.63, 3.8) is 0 Å². The number of morpholine rings is 2. The van der Waals surface area contributed by atoms with E-state index in [2.05, 4.69) is 53.2 Å². The molecule has 72 heavy (non-hydrogen) atoms.